The monoisotopic (exact) mass is 460 g/mol. The van der Waals surface area contributed by atoms with Crippen LogP contribution in [0.15, 0.2) is 52.2 Å². The fourth-order valence-electron chi connectivity index (χ4n) is 3.96. The molecule has 2 heterocycles. The highest BCUT2D eigenvalue weighted by Crippen LogP contribution is 2.34. The molecule has 1 aromatic carbocycles. The van der Waals surface area contributed by atoms with Gasteiger partial charge >= 0.3 is 0 Å². The van der Waals surface area contributed by atoms with Crippen molar-refractivity contribution in [2.45, 2.75) is 42.8 Å². The summed E-state index contributed by atoms with van der Waals surface area (Å²) in [6, 6.07) is 10.1. The molecule has 1 amide bonds. The van der Waals surface area contributed by atoms with Crippen LogP contribution in [0.25, 0.3) is 5.57 Å². The third kappa shape index (κ3) is 4.62. The molecular weight excluding hydrogens is 436 g/mol. The van der Waals surface area contributed by atoms with Gasteiger partial charge in [-0.2, -0.15) is 0 Å². The topological polar surface area (TPSA) is 87.3 Å². The first-order valence-electron chi connectivity index (χ1n) is 10.5. The lowest BCUT2D eigenvalue weighted by molar-refractivity contribution is -0.129. The van der Waals surface area contributed by atoms with Crippen molar-refractivity contribution in [2.24, 2.45) is 5.92 Å². The van der Waals surface area contributed by atoms with Crippen molar-refractivity contribution in [1.82, 2.24) is 9.88 Å². The Bertz CT molecular complexity index is 1180. The lowest BCUT2D eigenvalue weighted by atomic mass is 9.96. The highest BCUT2D eigenvalue weighted by molar-refractivity contribution is 7.92. The minimum Gasteiger partial charge on any atom is -0.342 e. The van der Waals surface area contributed by atoms with Gasteiger partial charge in [0.25, 0.3) is 5.56 Å². The van der Waals surface area contributed by atoms with E-state index in [0.29, 0.717) is 30.1 Å². The van der Waals surface area contributed by atoms with Gasteiger partial charge in [-0.15, -0.1) is 0 Å². The molecule has 6 nitrogen and oxygen atoms in total. The first kappa shape index (κ1) is 21.8. The quantitative estimate of drug-likeness (QED) is 0.712. The van der Waals surface area contributed by atoms with E-state index in [1.165, 1.54) is 0 Å². The maximum atomic E-state index is 12.5. The molecule has 4 rings (SSSR count). The Kier molecular flexibility index (Phi) is 6.08. The molecule has 164 valence electrons. The van der Waals surface area contributed by atoms with Crippen molar-refractivity contribution >= 4 is 32.9 Å². The maximum absolute atomic E-state index is 12.5. The van der Waals surface area contributed by atoms with E-state index in [1.54, 1.807) is 36.4 Å². The Morgan fingerprint density at radius 2 is 1.87 bits per heavy atom. The summed E-state index contributed by atoms with van der Waals surface area (Å²) in [5.41, 5.74) is 1.81. The first-order valence-corrected chi connectivity index (χ1v) is 12.4. The number of aromatic nitrogens is 1. The number of benzene rings is 1. The van der Waals surface area contributed by atoms with Gasteiger partial charge in [-0.1, -0.05) is 36.7 Å². The van der Waals surface area contributed by atoms with Gasteiger partial charge in [0.2, 0.25) is 5.91 Å². The number of carbonyl (C=O) groups is 1. The molecule has 1 N–H and O–H groups in total. The van der Waals surface area contributed by atoms with E-state index in [4.69, 9.17) is 11.6 Å². The van der Waals surface area contributed by atoms with Gasteiger partial charge in [-0.25, -0.2) is 8.42 Å². The molecule has 0 unspecified atom stereocenters. The third-order valence-corrected chi connectivity index (χ3v) is 8.47. The standard InChI is InChI=1S/C23H25ClN2O4S/c1-2-22(27)26-12-11-15(14-26)13-19(21-10-9-20(24)23(28)25-21)16-3-5-17(6-4-16)31(29,30)18-7-8-18/h3-6,9-10,13,15,18H,2,7-8,11-12,14H2,1H3,(H,25,28)/b19-13-/t15-/m1/s1. The fourth-order valence-corrected chi connectivity index (χ4v) is 5.73. The number of nitrogens with one attached hydrogen (secondary N) is 1. The number of likely N-dealkylation sites (tertiary alicyclic amines) is 1. The van der Waals surface area contributed by atoms with Crippen LogP contribution in [-0.2, 0) is 14.6 Å². The zero-order chi connectivity index (χ0) is 22.2. The molecule has 1 saturated heterocycles. The van der Waals surface area contributed by atoms with Crippen LogP contribution in [0.1, 0.15) is 43.9 Å². The summed E-state index contributed by atoms with van der Waals surface area (Å²) in [5.74, 6) is 0.270. The number of nitrogens with zero attached hydrogens (tertiary/aromatic N) is 1. The van der Waals surface area contributed by atoms with Crippen molar-refractivity contribution in [3.05, 3.63) is 69.1 Å². The van der Waals surface area contributed by atoms with Crippen molar-refractivity contribution < 1.29 is 13.2 Å². The van der Waals surface area contributed by atoms with E-state index in [9.17, 15) is 18.0 Å². The Morgan fingerprint density at radius 1 is 1.16 bits per heavy atom. The van der Waals surface area contributed by atoms with E-state index in [-0.39, 0.29) is 27.7 Å². The van der Waals surface area contributed by atoms with Crippen LogP contribution in [-0.4, -0.2) is 42.5 Å². The number of rotatable bonds is 6. The number of hydrogen-bond donors (Lipinski definition) is 1. The summed E-state index contributed by atoms with van der Waals surface area (Å²) < 4.78 is 25.0. The number of H-pyrrole nitrogens is 1. The van der Waals surface area contributed by atoms with Crippen LogP contribution in [0, 0.1) is 5.92 Å². The van der Waals surface area contributed by atoms with E-state index >= 15 is 0 Å². The largest absolute Gasteiger partial charge is 0.342 e. The lowest BCUT2D eigenvalue weighted by Gasteiger charge is -2.15. The van der Waals surface area contributed by atoms with Crippen molar-refractivity contribution in [1.29, 1.82) is 0 Å². The van der Waals surface area contributed by atoms with E-state index < -0.39 is 9.84 Å². The molecule has 1 atom stereocenters. The average molecular weight is 461 g/mol. The zero-order valence-corrected chi connectivity index (χ0v) is 18.9. The van der Waals surface area contributed by atoms with E-state index in [1.807, 2.05) is 11.8 Å². The Morgan fingerprint density at radius 3 is 2.48 bits per heavy atom. The molecule has 8 heteroatoms. The van der Waals surface area contributed by atoms with Gasteiger partial charge in [0.15, 0.2) is 9.84 Å². The van der Waals surface area contributed by atoms with Crippen LogP contribution in [0.4, 0.5) is 0 Å². The molecule has 0 spiro atoms. The van der Waals surface area contributed by atoms with Crippen LogP contribution in [0.5, 0.6) is 0 Å². The number of carbonyl (C=O) groups excluding carboxylic acids is 1. The van der Waals surface area contributed by atoms with E-state index in [0.717, 1.165) is 30.4 Å². The van der Waals surface area contributed by atoms with Gasteiger partial charge in [0, 0.05) is 30.8 Å². The molecule has 2 aromatic rings. The minimum absolute atomic E-state index is 0.106. The summed E-state index contributed by atoms with van der Waals surface area (Å²) in [6.07, 6.45) is 4.81. The highest BCUT2D eigenvalue weighted by Gasteiger charge is 2.36. The second-order valence-corrected chi connectivity index (χ2v) is 10.8. The Labute approximate surface area is 186 Å². The average Bonchev–Trinajstić information content (AvgIpc) is 3.53. The summed E-state index contributed by atoms with van der Waals surface area (Å²) in [4.78, 5) is 29.1. The molecule has 1 aliphatic heterocycles. The highest BCUT2D eigenvalue weighted by atomic mass is 35.5. The van der Waals surface area contributed by atoms with Crippen LogP contribution >= 0.6 is 11.6 Å². The molecule has 1 aromatic heterocycles. The second-order valence-electron chi connectivity index (χ2n) is 8.14. The zero-order valence-electron chi connectivity index (χ0n) is 17.3. The predicted octanol–water partition coefficient (Wildman–Crippen LogP) is 3.65. The molecule has 31 heavy (non-hydrogen) atoms. The number of amides is 1. The van der Waals surface area contributed by atoms with E-state index in [2.05, 4.69) is 11.1 Å². The molecule has 2 aliphatic rings. The summed E-state index contributed by atoms with van der Waals surface area (Å²) in [7, 11) is -3.27. The van der Waals surface area contributed by atoms with Gasteiger partial charge in [0.05, 0.1) is 10.1 Å². The minimum atomic E-state index is -3.27. The van der Waals surface area contributed by atoms with Crippen molar-refractivity contribution in [2.75, 3.05) is 13.1 Å². The van der Waals surface area contributed by atoms with Crippen LogP contribution in [0.2, 0.25) is 5.02 Å². The summed E-state index contributed by atoms with van der Waals surface area (Å²) in [5, 5.41) is -0.156. The van der Waals surface area contributed by atoms with Gasteiger partial charge in [-0.05, 0) is 55.0 Å². The SMILES string of the molecule is CCC(=O)N1CC[C@H](/C=C(/c2ccc(S(=O)(=O)C3CC3)cc2)c2ccc(Cl)c(=O)[nH]2)C1. The predicted molar refractivity (Wildman–Crippen MR) is 121 cm³/mol. The van der Waals surface area contributed by atoms with Crippen molar-refractivity contribution in [3.63, 3.8) is 0 Å². The smallest absolute Gasteiger partial charge is 0.267 e. The molecular formula is C23H25ClN2O4S. The lowest BCUT2D eigenvalue weighted by Crippen LogP contribution is -2.27. The number of hydrogen-bond acceptors (Lipinski definition) is 4. The first-order chi connectivity index (χ1) is 14.8. The molecule has 0 radical (unpaired) electrons. The number of halogens is 1. The van der Waals surface area contributed by atoms with Gasteiger partial charge < -0.3 is 9.88 Å². The van der Waals surface area contributed by atoms with Crippen LogP contribution in [0.3, 0.4) is 0 Å². The summed E-state index contributed by atoms with van der Waals surface area (Å²) in [6.45, 7) is 3.19. The molecule has 2 fully saturated rings. The number of aromatic amines is 1. The number of pyridine rings is 1. The molecule has 0 bridgehead atoms. The maximum Gasteiger partial charge on any atom is 0.267 e. The summed E-state index contributed by atoms with van der Waals surface area (Å²) >= 11 is 5.90. The second kappa shape index (κ2) is 8.63. The van der Waals surface area contributed by atoms with Crippen LogP contribution < -0.4 is 5.56 Å². The normalized spacial score (nSPS) is 19.6. The van der Waals surface area contributed by atoms with Crippen molar-refractivity contribution in [3.8, 4) is 0 Å². The Balaban J connectivity index is 1.70. The Hall–Kier alpha value is -2.38. The van der Waals surface area contributed by atoms with Gasteiger partial charge in [-0.3, -0.25) is 9.59 Å². The third-order valence-electron chi connectivity index (χ3n) is 5.89. The molecule has 1 aliphatic carbocycles. The number of sulfone groups is 1. The van der Waals surface area contributed by atoms with Gasteiger partial charge in [0.1, 0.15) is 5.02 Å². The molecule has 1 saturated carbocycles. The fraction of sp³-hybridized carbons (Fsp3) is 0.391.